The summed E-state index contributed by atoms with van der Waals surface area (Å²) >= 11 is 0. The lowest BCUT2D eigenvalue weighted by Gasteiger charge is -2.21. The number of hydrogen-bond donors (Lipinski definition) is 4. The van der Waals surface area contributed by atoms with Gasteiger partial charge in [-0.15, -0.1) is 0 Å². The molecule has 0 bridgehead atoms. The number of nitrogens with two attached hydrogens (primary N) is 1. The average molecular weight is 445 g/mol. The summed E-state index contributed by atoms with van der Waals surface area (Å²) in [4.78, 5) is 47.7. The number of piperidine rings is 1. The monoisotopic (exact) mass is 444 g/mol. The molecular formula is C24H36N4O4. The summed E-state index contributed by atoms with van der Waals surface area (Å²) in [6, 6.07) is 5.74. The Labute approximate surface area is 190 Å². The quantitative estimate of drug-likeness (QED) is 0.274. The van der Waals surface area contributed by atoms with E-state index < -0.39 is 18.0 Å². The van der Waals surface area contributed by atoms with Crippen LogP contribution >= 0.6 is 0 Å². The van der Waals surface area contributed by atoms with E-state index in [1.54, 1.807) is 24.3 Å². The van der Waals surface area contributed by atoms with Crippen molar-refractivity contribution in [1.29, 1.82) is 0 Å². The van der Waals surface area contributed by atoms with Crippen LogP contribution in [-0.2, 0) is 25.6 Å². The van der Waals surface area contributed by atoms with E-state index in [2.05, 4.69) is 22.9 Å². The SMILES string of the molecule is CCCCCCCCCC(N)C(=O)Nc1cccc(CC(=O)NC2CCC(=O)NC2=O)c1. The van der Waals surface area contributed by atoms with Gasteiger partial charge in [-0.2, -0.15) is 0 Å². The normalized spacial score (nSPS) is 16.9. The van der Waals surface area contributed by atoms with Crippen molar-refractivity contribution in [2.45, 2.75) is 89.6 Å². The highest BCUT2D eigenvalue weighted by molar-refractivity contribution is 6.01. The molecule has 2 atom stereocenters. The van der Waals surface area contributed by atoms with Gasteiger partial charge in [0.1, 0.15) is 6.04 Å². The second-order valence-corrected chi connectivity index (χ2v) is 8.45. The third-order valence-corrected chi connectivity index (χ3v) is 5.59. The van der Waals surface area contributed by atoms with Gasteiger partial charge in [-0.3, -0.25) is 24.5 Å². The van der Waals surface area contributed by atoms with E-state index in [4.69, 9.17) is 5.73 Å². The van der Waals surface area contributed by atoms with E-state index in [1.807, 2.05) is 0 Å². The van der Waals surface area contributed by atoms with Gasteiger partial charge in [-0.05, 0) is 30.5 Å². The largest absolute Gasteiger partial charge is 0.344 e. The molecule has 0 aliphatic carbocycles. The fourth-order valence-corrected chi connectivity index (χ4v) is 3.71. The Hall–Kier alpha value is -2.74. The fraction of sp³-hybridized carbons (Fsp3) is 0.583. The zero-order valence-electron chi connectivity index (χ0n) is 19.0. The van der Waals surface area contributed by atoms with Crippen LogP contribution in [0.2, 0.25) is 0 Å². The molecule has 1 fully saturated rings. The lowest BCUT2D eigenvalue weighted by molar-refractivity contribution is -0.137. The van der Waals surface area contributed by atoms with Gasteiger partial charge in [0.2, 0.25) is 23.6 Å². The number of anilines is 1. The number of hydrogen-bond acceptors (Lipinski definition) is 5. The maximum absolute atomic E-state index is 12.4. The zero-order valence-corrected chi connectivity index (χ0v) is 19.0. The topological polar surface area (TPSA) is 130 Å². The molecule has 8 heteroatoms. The predicted molar refractivity (Wildman–Crippen MR) is 124 cm³/mol. The summed E-state index contributed by atoms with van der Waals surface area (Å²) in [7, 11) is 0. The lowest BCUT2D eigenvalue weighted by Crippen LogP contribution is -2.52. The van der Waals surface area contributed by atoms with Crippen LogP contribution in [-0.4, -0.2) is 35.7 Å². The summed E-state index contributed by atoms with van der Waals surface area (Å²) in [5.41, 5.74) is 7.32. The van der Waals surface area contributed by atoms with Crippen molar-refractivity contribution in [3.8, 4) is 0 Å². The Morgan fingerprint density at radius 1 is 1.12 bits per heavy atom. The molecular weight excluding hydrogens is 408 g/mol. The van der Waals surface area contributed by atoms with Crippen molar-refractivity contribution in [3.05, 3.63) is 29.8 Å². The summed E-state index contributed by atoms with van der Waals surface area (Å²) in [5.74, 6) is -1.36. The highest BCUT2D eigenvalue weighted by Gasteiger charge is 2.27. The van der Waals surface area contributed by atoms with Crippen molar-refractivity contribution in [2.24, 2.45) is 5.73 Å². The molecule has 2 unspecified atom stereocenters. The number of imide groups is 1. The van der Waals surface area contributed by atoms with E-state index >= 15 is 0 Å². The summed E-state index contributed by atoms with van der Waals surface area (Å²) < 4.78 is 0. The molecule has 0 spiro atoms. The number of unbranched alkanes of at least 4 members (excludes halogenated alkanes) is 6. The molecule has 2 rings (SSSR count). The molecule has 0 radical (unpaired) electrons. The molecule has 1 heterocycles. The van der Waals surface area contributed by atoms with Gasteiger partial charge in [0.05, 0.1) is 12.5 Å². The number of carbonyl (C=O) groups is 4. The molecule has 8 nitrogen and oxygen atoms in total. The smallest absolute Gasteiger partial charge is 0.249 e. The second kappa shape index (κ2) is 13.6. The minimum Gasteiger partial charge on any atom is -0.344 e. The van der Waals surface area contributed by atoms with Gasteiger partial charge in [-0.25, -0.2) is 0 Å². The summed E-state index contributed by atoms with van der Waals surface area (Å²) in [5, 5.41) is 7.69. The lowest BCUT2D eigenvalue weighted by atomic mass is 10.0. The Morgan fingerprint density at radius 3 is 2.56 bits per heavy atom. The molecule has 4 amide bonds. The minimum absolute atomic E-state index is 0.0610. The van der Waals surface area contributed by atoms with Crippen LogP contribution < -0.4 is 21.7 Å². The van der Waals surface area contributed by atoms with Crippen LogP contribution in [0, 0.1) is 0 Å². The standard InChI is InChI=1S/C24H36N4O4/c1-2-3-4-5-6-7-8-12-19(25)23(31)26-18-11-9-10-17(15-18)16-22(30)27-20-13-14-21(29)28-24(20)32/h9-11,15,19-20H,2-8,12-14,16,25H2,1H3,(H,26,31)(H,27,30)(H,28,29,32). The zero-order chi connectivity index (χ0) is 23.3. The fourth-order valence-electron chi connectivity index (χ4n) is 3.71. The first-order valence-corrected chi connectivity index (χ1v) is 11.7. The Kier molecular flexibility index (Phi) is 10.9. The van der Waals surface area contributed by atoms with E-state index in [0.29, 0.717) is 24.1 Å². The van der Waals surface area contributed by atoms with Gasteiger partial charge in [0, 0.05) is 12.1 Å². The highest BCUT2D eigenvalue weighted by atomic mass is 16.2. The van der Waals surface area contributed by atoms with E-state index in [-0.39, 0.29) is 30.6 Å². The first-order valence-electron chi connectivity index (χ1n) is 11.7. The molecule has 1 aromatic rings. The van der Waals surface area contributed by atoms with E-state index in [1.165, 1.54) is 32.1 Å². The maximum Gasteiger partial charge on any atom is 0.249 e. The number of nitrogens with one attached hydrogen (secondary N) is 3. The molecule has 176 valence electrons. The summed E-state index contributed by atoms with van der Waals surface area (Å²) in [6.07, 6.45) is 9.42. The highest BCUT2D eigenvalue weighted by Crippen LogP contribution is 2.14. The maximum atomic E-state index is 12.4. The number of benzene rings is 1. The number of rotatable bonds is 13. The van der Waals surface area contributed by atoms with Gasteiger partial charge < -0.3 is 16.4 Å². The Balaban J connectivity index is 1.74. The van der Waals surface area contributed by atoms with Crippen LogP contribution in [0.4, 0.5) is 5.69 Å². The van der Waals surface area contributed by atoms with Crippen LogP contribution in [0.1, 0.15) is 76.7 Å². The van der Waals surface area contributed by atoms with Gasteiger partial charge in [0.25, 0.3) is 0 Å². The third kappa shape index (κ3) is 9.18. The molecule has 1 saturated heterocycles. The van der Waals surface area contributed by atoms with Crippen molar-refractivity contribution >= 4 is 29.3 Å². The van der Waals surface area contributed by atoms with Crippen molar-refractivity contribution in [2.75, 3.05) is 5.32 Å². The van der Waals surface area contributed by atoms with Crippen LogP contribution in [0.15, 0.2) is 24.3 Å². The molecule has 1 aliphatic heterocycles. The Bertz CT molecular complexity index is 796. The van der Waals surface area contributed by atoms with Crippen LogP contribution in [0.5, 0.6) is 0 Å². The first-order chi connectivity index (χ1) is 15.4. The number of carbonyl (C=O) groups excluding carboxylic acids is 4. The van der Waals surface area contributed by atoms with E-state index in [9.17, 15) is 19.2 Å². The predicted octanol–water partition coefficient (Wildman–Crippen LogP) is 2.56. The molecule has 32 heavy (non-hydrogen) atoms. The van der Waals surface area contributed by atoms with Crippen molar-refractivity contribution < 1.29 is 19.2 Å². The number of amides is 4. The molecule has 1 aromatic carbocycles. The molecule has 0 saturated carbocycles. The van der Waals surface area contributed by atoms with Gasteiger partial charge >= 0.3 is 0 Å². The molecule has 0 aromatic heterocycles. The average Bonchev–Trinajstić information content (AvgIpc) is 2.75. The molecule has 5 N–H and O–H groups in total. The second-order valence-electron chi connectivity index (χ2n) is 8.45. The molecule has 1 aliphatic rings. The van der Waals surface area contributed by atoms with Crippen LogP contribution in [0.25, 0.3) is 0 Å². The minimum atomic E-state index is -0.701. The third-order valence-electron chi connectivity index (χ3n) is 5.59. The van der Waals surface area contributed by atoms with Gasteiger partial charge in [0.15, 0.2) is 0 Å². The van der Waals surface area contributed by atoms with Crippen molar-refractivity contribution in [1.82, 2.24) is 10.6 Å². The van der Waals surface area contributed by atoms with Crippen molar-refractivity contribution in [3.63, 3.8) is 0 Å². The Morgan fingerprint density at radius 2 is 1.84 bits per heavy atom. The van der Waals surface area contributed by atoms with Crippen LogP contribution in [0.3, 0.4) is 0 Å². The summed E-state index contributed by atoms with van der Waals surface area (Å²) in [6.45, 7) is 2.20. The first kappa shape index (κ1) is 25.5. The van der Waals surface area contributed by atoms with E-state index in [0.717, 1.165) is 12.8 Å². The van der Waals surface area contributed by atoms with Gasteiger partial charge in [-0.1, -0.05) is 64.0 Å².